The molecule has 2 nitrogen and oxygen atoms in total. The molecule has 0 aliphatic carbocycles. The van der Waals surface area contributed by atoms with E-state index in [0.717, 1.165) is 5.56 Å². The van der Waals surface area contributed by atoms with E-state index in [1.165, 1.54) is 54.6 Å². The van der Waals surface area contributed by atoms with Gasteiger partial charge in [0.2, 0.25) is 9.84 Å². The molecule has 0 saturated carbocycles. The Balaban J connectivity index is 2.41. The first-order chi connectivity index (χ1) is 14.1. The van der Waals surface area contributed by atoms with Crippen molar-refractivity contribution >= 4 is 27.0 Å². The van der Waals surface area contributed by atoms with E-state index in [4.69, 9.17) is 11.6 Å². The second-order valence-electron chi connectivity index (χ2n) is 6.82. The first-order valence-electron chi connectivity index (χ1n) is 9.05. The molecule has 0 spiro atoms. The van der Waals surface area contributed by atoms with Gasteiger partial charge in [0.05, 0.1) is 9.80 Å². The van der Waals surface area contributed by atoms with Crippen molar-refractivity contribution in [2.45, 2.75) is 18.7 Å². The monoisotopic (exact) mass is 444 g/mol. The van der Waals surface area contributed by atoms with Crippen molar-refractivity contribution in [3.8, 4) is 0 Å². The van der Waals surface area contributed by atoms with Gasteiger partial charge >= 0.3 is 0 Å². The molecule has 0 atom stereocenters. The lowest BCUT2D eigenvalue weighted by Gasteiger charge is -2.17. The van der Waals surface area contributed by atoms with E-state index >= 15 is 0 Å². The number of hydrogen-bond donors (Lipinski definition) is 0. The molecule has 0 radical (unpaired) electrons. The molecule has 0 amide bonds. The molecule has 0 unspecified atom stereocenters. The van der Waals surface area contributed by atoms with Gasteiger partial charge in [-0.15, -0.1) is 0 Å². The van der Waals surface area contributed by atoms with Crippen LogP contribution in [0, 0.1) is 25.5 Å². The first-order valence-corrected chi connectivity index (χ1v) is 10.9. The van der Waals surface area contributed by atoms with Gasteiger partial charge in [0.25, 0.3) is 0 Å². The molecule has 0 bridgehead atoms. The minimum atomic E-state index is -4.06. The van der Waals surface area contributed by atoms with Crippen molar-refractivity contribution in [3.63, 3.8) is 0 Å². The third-order valence-corrected chi connectivity index (χ3v) is 7.01. The van der Waals surface area contributed by atoms with Crippen LogP contribution >= 0.6 is 11.6 Å². The summed E-state index contributed by atoms with van der Waals surface area (Å²) in [5.41, 5.74) is 2.42. The highest BCUT2D eigenvalue weighted by atomic mass is 35.5. The van der Waals surface area contributed by atoms with Gasteiger partial charge in [-0.25, -0.2) is 17.2 Å². The van der Waals surface area contributed by atoms with Crippen LogP contribution < -0.4 is 0 Å². The molecule has 3 aromatic carbocycles. The molecule has 154 valence electrons. The highest BCUT2D eigenvalue weighted by Gasteiger charge is 2.25. The second-order valence-corrected chi connectivity index (χ2v) is 9.15. The van der Waals surface area contributed by atoms with E-state index in [-0.39, 0.29) is 15.4 Å². The van der Waals surface area contributed by atoms with Crippen LogP contribution in [-0.4, -0.2) is 8.42 Å². The number of halogens is 3. The smallest absolute Gasteiger partial charge is 0.207 e. The molecule has 0 saturated heterocycles. The zero-order valence-electron chi connectivity index (χ0n) is 16.4. The average Bonchev–Trinajstić information content (AvgIpc) is 2.70. The Kier molecular flexibility index (Phi) is 6.25. The third kappa shape index (κ3) is 4.23. The van der Waals surface area contributed by atoms with Gasteiger partial charge in [0.15, 0.2) is 0 Å². The Morgan fingerprint density at radius 1 is 0.900 bits per heavy atom. The van der Waals surface area contributed by atoms with Crippen molar-refractivity contribution in [1.29, 1.82) is 0 Å². The quantitative estimate of drug-likeness (QED) is 0.412. The normalized spacial score (nSPS) is 12.4. The van der Waals surface area contributed by atoms with Gasteiger partial charge < -0.3 is 0 Å². The van der Waals surface area contributed by atoms with Crippen LogP contribution in [0.4, 0.5) is 8.78 Å². The molecule has 0 aromatic heterocycles. The predicted octanol–water partition coefficient (Wildman–Crippen LogP) is 6.65. The number of rotatable bonds is 5. The number of benzene rings is 3. The van der Waals surface area contributed by atoms with Gasteiger partial charge in [-0.05, 0) is 78.6 Å². The lowest BCUT2D eigenvalue weighted by Crippen LogP contribution is -2.08. The van der Waals surface area contributed by atoms with Crippen LogP contribution in [0.25, 0.3) is 5.57 Å². The fourth-order valence-corrected chi connectivity index (χ4v) is 4.86. The summed E-state index contributed by atoms with van der Waals surface area (Å²) in [5.74, 6) is -0.989. The maximum absolute atomic E-state index is 14.1. The molecule has 3 aromatic rings. The fraction of sp³-hybridized carbons (Fsp3) is 0.0833. The second kappa shape index (κ2) is 8.54. The van der Waals surface area contributed by atoms with Crippen LogP contribution in [0.1, 0.15) is 22.3 Å². The van der Waals surface area contributed by atoms with Gasteiger partial charge in [0, 0.05) is 10.6 Å². The van der Waals surface area contributed by atoms with Crippen molar-refractivity contribution < 1.29 is 17.2 Å². The van der Waals surface area contributed by atoms with Gasteiger partial charge in [0.1, 0.15) is 11.6 Å². The van der Waals surface area contributed by atoms with E-state index in [0.29, 0.717) is 21.7 Å². The number of allylic oxidation sites excluding steroid dienone is 1. The number of aryl methyl sites for hydroxylation is 2. The van der Waals surface area contributed by atoms with Crippen molar-refractivity contribution in [1.82, 2.24) is 0 Å². The van der Waals surface area contributed by atoms with Gasteiger partial charge in [-0.2, -0.15) is 0 Å². The topological polar surface area (TPSA) is 34.1 Å². The van der Waals surface area contributed by atoms with Gasteiger partial charge in [-0.3, -0.25) is 0 Å². The van der Waals surface area contributed by atoms with E-state index < -0.39 is 21.5 Å². The Labute approximate surface area is 180 Å². The van der Waals surface area contributed by atoms with Crippen LogP contribution in [-0.2, 0) is 9.84 Å². The van der Waals surface area contributed by atoms with E-state index in [9.17, 15) is 17.2 Å². The summed E-state index contributed by atoms with van der Waals surface area (Å²) in [7, 11) is -4.06. The lowest BCUT2D eigenvalue weighted by atomic mass is 9.93. The molecule has 6 heteroatoms. The van der Waals surface area contributed by atoms with Crippen LogP contribution in [0.2, 0.25) is 5.02 Å². The van der Waals surface area contributed by atoms with Crippen molar-refractivity contribution in [3.05, 3.63) is 117 Å². The highest BCUT2D eigenvalue weighted by molar-refractivity contribution is 7.95. The summed E-state index contributed by atoms with van der Waals surface area (Å²) in [6.45, 7) is 7.21. The summed E-state index contributed by atoms with van der Waals surface area (Å²) in [6, 6.07) is 13.9. The van der Waals surface area contributed by atoms with Crippen molar-refractivity contribution in [2.75, 3.05) is 0 Å². The molecular weight excluding hydrogens is 426 g/mol. The van der Waals surface area contributed by atoms with E-state index in [2.05, 4.69) is 6.58 Å². The Morgan fingerprint density at radius 3 is 2.10 bits per heavy atom. The Morgan fingerprint density at radius 2 is 1.50 bits per heavy atom. The summed E-state index contributed by atoms with van der Waals surface area (Å²) in [5, 5.41) is 0.310. The standard InChI is InChI=1S/C24H19ClF2O2S/c1-4-23(30(28,29)20-12-6-16(3)22(25)14-20)24(17-7-10-18(26)11-8-17)21-13-19(27)9-5-15(21)2/h4-14H,1H2,2-3H3/b24-23+. The Bertz CT molecular complexity index is 1260. The minimum Gasteiger partial charge on any atom is -0.218 e. The molecule has 0 aliphatic rings. The maximum Gasteiger partial charge on any atom is 0.207 e. The van der Waals surface area contributed by atoms with Crippen molar-refractivity contribution in [2.24, 2.45) is 0 Å². The average molecular weight is 445 g/mol. The summed E-state index contributed by atoms with van der Waals surface area (Å²) >= 11 is 6.15. The van der Waals surface area contributed by atoms with Gasteiger partial charge in [-0.1, -0.05) is 42.4 Å². The predicted molar refractivity (Wildman–Crippen MR) is 117 cm³/mol. The third-order valence-electron chi connectivity index (χ3n) is 4.78. The summed E-state index contributed by atoms with van der Waals surface area (Å²) in [6.07, 6.45) is 1.21. The van der Waals surface area contributed by atoms with E-state index in [1.807, 2.05) is 0 Å². The van der Waals surface area contributed by atoms with E-state index in [1.54, 1.807) is 26.0 Å². The number of hydrogen-bond acceptors (Lipinski definition) is 2. The molecule has 0 fully saturated rings. The first kappa shape index (κ1) is 21.9. The minimum absolute atomic E-state index is 0.0123. The number of sulfone groups is 1. The molecule has 0 aliphatic heterocycles. The molecular formula is C24H19ClF2O2S. The summed E-state index contributed by atoms with van der Waals surface area (Å²) in [4.78, 5) is -0.135. The lowest BCUT2D eigenvalue weighted by molar-refractivity contribution is 0.603. The maximum atomic E-state index is 14.1. The highest BCUT2D eigenvalue weighted by Crippen LogP contribution is 2.36. The SMILES string of the molecule is C=C/C(=C(/c1ccc(F)cc1)c1cc(F)ccc1C)S(=O)(=O)c1ccc(C)c(Cl)c1. The Hall–Kier alpha value is -2.76. The molecule has 3 rings (SSSR count). The fourth-order valence-electron chi connectivity index (χ4n) is 3.12. The molecule has 0 N–H and O–H groups in total. The molecule has 0 heterocycles. The molecule has 30 heavy (non-hydrogen) atoms. The van der Waals surface area contributed by atoms with Crippen LogP contribution in [0.15, 0.2) is 83.1 Å². The van der Waals surface area contributed by atoms with Crippen LogP contribution in [0.5, 0.6) is 0 Å². The summed E-state index contributed by atoms with van der Waals surface area (Å²) < 4.78 is 54.7. The van der Waals surface area contributed by atoms with Crippen LogP contribution in [0.3, 0.4) is 0 Å². The zero-order chi connectivity index (χ0) is 22.1. The zero-order valence-corrected chi connectivity index (χ0v) is 18.0. The largest absolute Gasteiger partial charge is 0.218 e.